The van der Waals surface area contributed by atoms with Gasteiger partial charge in [-0.15, -0.1) is 0 Å². The smallest absolute Gasteiger partial charge is 0.191 e. The van der Waals surface area contributed by atoms with Crippen molar-refractivity contribution in [1.82, 2.24) is 10.6 Å². The summed E-state index contributed by atoms with van der Waals surface area (Å²) in [4.78, 5) is 4.40. The first-order valence-electron chi connectivity index (χ1n) is 8.21. The van der Waals surface area contributed by atoms with E-state index in [1.165, 1.54) is 0 Å². The molecule has 0 aromatic heterocycles. The van der Waals surface area contributed by atoms with E-state index < -0.39 is 0 Å². The number of hydrogen-bond acceptors (Lipinski definition) is 6. The lowest BCUT2D eigenvalue weighted by Crippen LogP contribution is -2.37. The number of nitrogens with one attached hydrogen (secondary N) is 2. The Morgan fingerprint density at radius 2 is 1.76 bits per heavy atom. The van der Waals surface area contributed by atoms with Crippen molar-refractivity contribution in [3.8, 4) is 23.0 Å². The van der Waals surface area contributed by atoms with E-state index in [-0.39, 0.29) is 0 Å². The van der Waals surface area contributed by atoms with Crippen LogP contribution in [0.1, 0.15) is 12.5 Å². The molecule has 6 heteroatoms. The molecule has 1 atom stereocenters. The molecular formula is C19H23N3O3. The van der Waals surface area contributed by atoms with E-state index in [4.69, 9.17) is 14.2 Å². The van der Waals surface area contributed by atoms with Gasteiger partial charge in [0, 0.05) is 30.8 Å². The molecular weight excluding hydrogens is 318 g/mol. The zero-order valence-corrected chi connectivity index (χ0v) is 14.7. The molecule has 0 saturated heterocycles. The molecule has 0 fully saturated rings. The van der Waals surface area contributed by atoms with Gasteiger partial charge in [-0.1, -0.05) is 12.1 Å². The van der Waals surface area contributed by atoms with Crippen molar-refractivity contribution in [3.05, 3.63) is 48.0 Å². The molecule has 0 spiro atoms. The summed E-state index contributed by atoms with van der Waals surface area (Å²) in [5.41, 5.74) is 1.11. The fourth-order valence-electron chi connectivity index (χ4n) is 2.54. The van der Waals surface area contributed by atoms with Crippen LogP contribution in [0.25, 0.3) is 0 Å². The molecule has 0 radical (unpaired) electrons. The zero-order valence-electron chi connectivity index (χ0n) is 14.7. The van der Waals surface area contributed by atoms with E-state index in [1.807, 2.05) is 42.5 Å². The number of benzene rings is 2. The summed E-state index contributed by atoms with van der Waals surface area (Å²) in [7, 11) is 3.23. The molecule has 2 aromatic carbocycles. The van der Waals surface area contributed by atoms with Crippen LogP contribution in [-0.2, 0) is 6.54 Å². The zero-order chi connectivity index (χ0) is 17.6. The number of guanidine groups is 1. The highest BCUT2D eigenvalue weighted by Crippen LogP contribution is 2.31. The van der Waals surface area contributed by atoms with E-state index >= 15 is 0 Å². The fourth-order valence-corrected chi connectivity index (χ4v) is 2.54. The second-order valence-electron chi connectivity index (χ2n) is 5.89. The number of methoxy groups -OCH3 is 2. The molecule has 0 saturated carbocycles. The minimum absolute atomic E-state index is 0.389. The Morgan fingerprint density at radius 3 is 2.40 bits per heavy atom. The van der Waals surface area contributed by atoms with Crippen LogP contribution >= 0.6 is 0 Å². The number of hydrogen-bond donors (Lipinski definition) is 2. The van der Waals surface area contributed by atoms with E-state index in [9.17, 15) is 0 Å². The Bertz CT molecular complexity index is 739. The number of nitrogens with zero attached hydrogens (tertiary/aromatic N) is 1. The van der Waals surface area contributed by atoms with E-state index in [0.29, 0.717) is 29.8 Å². The number of rotatable bonds is 6. The normalized spacial score (nSPS) is 16.0. The minimum atomic E-state index is 0.389. The Kier molecular flexibility index (Phi) is 5.28. The van der Waals surface area contributed by atoms with Crippen molar-refractivity contribution < 1.29 is 14.2 Å². The highest BCUT2D eigenvalue weighted by atomic mass is 16.5. The second-order valence-corrected chi connectivity index (χ2v) is 5.89. The summed E-state index contributed by atoms with van der Waals surface area (Å²) in [5, 5.41) is 6.58. The topological polar surface area (TPSA) is 64.1 Å². The Labute approximate surface area is 147 Å². The molecule has 1 heterocycles. The molecule has 3 rings (SSSR count). The maximum atomic E-state index is 5.96. The van der Waals surface area contributed by atoms with Gasteiger partial charge in [0.05, 0.1) is 20.8 Å². The van der Waals surface area contributed by atoms with E-state index in [2.05, 4.69) is 22.5 Å². The van der Waals surface area contributed by atoms with Gasteiger partial charge >= 0.3 is 0 Å². The molecule has 6 nitrogen and oxygen atoms in total. The largest absolute Gasteiger partial charge is 0.496 e. The molecule has 0 bridgehead atoms. The van der Waals surface area contributed by atoms with Gasteiger partial charge in [-0.25, -0.2) is 0 Å². The highest BCUT2D eigenvalue weighted by Gasteiger charge is 2.11. The maximum Gasteiger partial charge on any atom is 0.191 e. The van der Waals surface area contributed by atoms with Gasteiger partial charge in [0.1, 0.15) is 23.0 Å². The first kappa shape index (κ1) is 17.0. The van der Waals surface area contributed by atoms with Crippen molar-refractivity contribution in [2.45, 2.75) is 19.5 Å². The maximum absolute atomic E-state index is 5.96. The predicted octanol–water partition coefficient (Wildman–Crippen LogP) is 2.93. The van der Waals surface area contributed by atoms with Crippen LogP contribution in [0.3, 0.4) is 0 Å². The molecule has 2 N–H and O–H groups in total. The quantitative estimate of drug-likeness (QED) is 0.846. The minimum Gasteiger partial charge on any atom is -0.496 e. The third-order valence-electron chi connectivity index (χ3n) is 3.83. The van der Waals surface area contributed by atoms with Gasteiger partial charge in [0.15, 0.2) is 5.96 Å². The summed E-state index contributed by atoms with van der Waals surface area (Å²) in [6.45, 7) is 3.59. The molecule has 25 heavy (non-hydrogen) atoms. The second kappa shape index (κ2) is 7.79. The summed E-state index contributed by atoms with van der Waals surface area (Å²) >= 11 is 0. The average Bonchev–Trinajstić information content (AvgIpc) is 3.05. The van der Waals surface area contributed by atoms with Crippen LogP contribution in [0.2, 0.25) is 0 Å². The van der Waals surface area contributed by atoms with Crippen LogP contribution in [0.15, 0.2) is 47.5 Å². The van der Waals surface area contributed by atoms with Crippen molar-refractivity contribution in [1.29, 1.82) is 0 Å². The Balaban J connectivity index is 1.67. The SMILES string of the molecule is COc1cc(OC)cc(Oc2cccc(CNC3=NCC(C)N3)c2)c1. The van der Waals surface area contributed by atoms with Gasteiger partial charge in [-0.2, -0.15) is 0 Å². The van der Waals surface area contributed by atoms with Crippen molar-refractivity contribution in [2.24, 2.45) is 4.99 Å². The average molecular weight is 341 g/mol. The van der Waals surface area contributed by atoms with Crippen LogP contribution < -0.4 is 24.8 Å². The number of ether oxygens (including phenoxy) is 3. The summed E-state index contributed by atoms with van der Waals surface area (Å²) in [5.74, 6) is 3.64. The highest BCUT2D eigenvalue weighted by molar-refractivity contribution is 5.81. The summed E-state index contributed by atoms with van der Waals surface area (Å²) in [6, 6.07) is 13.8. The van der Waals surface area contributed by atoms with Gasteiger partial charge in [-0.3, -0.25) is 4.99 Å². The third-order valence-corrected chi connectivity index (χ3v) is 3.83. The van der Waals surface area contributed by atoms with E-state index in [0.717, 1.165) is 23.8 Å². The monoisotopic (exact) mass is 341 g/mol. The molecule has 132 valence electrons. The lowest BCUT2D eigenvalue weighted by Gasteiger charge is -2.12. The van der Waals surface area contributed by atoms with Gasteiger partial charge in [0.25, 0.3) is 0 Å². The third kappa shape index (κ3) is 4.56. The molecule has 2 aromatic rings. The van der Waals surface area contributed by atoms with Crippen molar-refractivity contribution >= 4 is 5.96 Å². The van der Waals surface area contributed by atoms with Crippen LogP contribution in [0.4, 0.5) is 0 Å². The standard InChI is InChI=1S/C19H23N3O3/c1-13-11-20-19(22-13)21-12-14-5-4-6-15(7-14)25-18-9-16(23-2)8-17(10-18)24-3/h4-10,13H,11-12H2,1-3H3,(H2,20,21,22). The van der Waals surface area contributed by atoms with Crippen LogP contribution in [0.5, 0.6) is 23.0 Å². The molecule has 1 unspecified atom stereocenters. The molecule has 1 aliphatic heterocycles. The van der Waals surface area contributed by atoms with Crippen LogP contribution in [-0.4, -0.2) is 32.8 Å². The Morgan fingerprint density at radius 1 is 1.04 bits per heavy atom. The van der Waals surface area contributed by atoms with Gasteiger partial charge in [0.2, 0.25) is 0 Å². The molecule has 1 aliphatic rings. The van der Waals surface area contributed by atoms with Crippen LogP contribution in [0, 0.1) is 0 Å². The van der Waals surface area contributed by atoms with E-state index in [1.54, 1.807) is 14.2 Å². The van der Waals surface area contributed by atoms with Crippen molar-refractivity contribution in [2.75, 3.05) is 20.8 Å². The fraction of sp³-hybridized carbons (Fsp3) is 0.316. The Hall–Kier alpha value is -2.89. The lowest BCUT2D eigenvalue weighted by molar-refractivity contribution is 0.386. The lowest BCUT2D eigenvalue weighted by atomic mass is 10.2. The van der Waals surface area contributed by atoms with Gasteiger partial charge in [-0.05, 0) is 24.6 Å². The predicted molar refractivity (Wildman–Crippen MR) is 97.8 cm³/mol. The summed E-state index contributed by atoms with van der Waals surface area (Å²) in [6.07, 6.45) is 0. The first-order chi connectivity index (χ1) is 12.2. The first-order valence-corrected chi connectivity index (χ1v) is 8.21. The summed E-state index contributed by atoms with van der Waals surface area (Å²) < 4.78 is 16.5. The van der Waals surface area contributed by atoms with Crippen molar-refractivity contribution in [3.63, 3.8) is 0 Å². The van der Waals surface area contributed by atoms with Gasteiger partial charge < -0.3 is 24.8 Å². The number of aliphatic imine (C=N–C) groups is 1. The molecule has 0 amide bonds. The molecule has 0 aliphatic carbocycles.